The Labute approximate surface area is 475 Å². The van der Waals surface area contributed by atoms with Crippen molar-refractivity contribution in [2.45, 2.75) is 297 Å². The molecule has 0 aliphatic carbocycles. The molecule has 0 amide bonds. The predicted molar refractivity (Wildman–Crippen MR) is 334 cm³/mol. The molecule has 6 heteroatoms. The van der Waals surface area contributed by atoms with Gasteiger partial charge in [0, 0.05) is 19.3 Å². The van der Waals surface area contributed by atoms with E-state index in [-0.39, 0.29) is 37.5 Å². The molecule has 77 heavy (non-hydrogen) atoms. The van der Waals surface area contributed by atoms with Crippen LogP contribution >= 0.6 is 0 Å². The summed E-state index contributed by atoms with van der Waals surface area (Å²) in [6, 6.07) is 0. The van der Waals surface area contributed by atoms with Gasteiger partial charge in [-0.15, -0.1) is 0 Å². The summed E-state index contributed by atoms with van der Waals surface area (Å²) in [4.78, 5) is 38.3. The molecule has 0 aliphatic heterocycles. The van der Waals surface area contributed by atoms with Gasteiger partial charge in [0.05, 0.1) is 0 Å². The molecular weight excluding hydrogens is 949 g/mol. The van der Waals surface area contributed by atoms with E-state index >= 15 is 0 Å². The van der Waals surface area contributed by atoms with Crippen molar-refractivity contribution in [3.05, 3.63) is 122 Å². The molecule has 0 radical (unpaired) electrons. The highest BCUT2D eigenvalue weighted by molar-refractivity contribution is 5.71. The van der Waals surface area contributed by atoms with Crippen molar-refractivity contribution in [2.75, 3.05) is 13.2 Å². The molecule has 0 spiro atoms. The summed E-state index contributed by atoms with van der Waals surface area (Å²) in [6.07, 6.45) is 89.1. The van der Waals surface area contributed by atoms with Gasteiger partial charge in [0.25, 0.3) is 0 Å². The SMILES string of the molecule is CC/C=C\C/C=C\C/C=C\C/C=C\C/C=C\CCCCCC(=O)O[C@H](COC(=O)CCCCC/C=C\C/C=C\C/C=C\C/C=C\CCCCC)COC(=O)CCCCCCCCCCCCC/C=C\CCCCCCCC. The lowest BCUT2D eigenvalue weighted by Crippen LogP contribution is -2.30. The number of unbranched alkanes of at least 4 members (excludes halogenated alkanes) is 26. The fourth-order valence-corrected chi connectivity index (χ4v) is 8.62. The zero-order valence-corrected chi connectivity index (χ0v) is 50.2. The van der Waals surface area contributed by atoms with E-state index in [4.69, 9.17) is 14.2 Å². The molecular formula is C71H118O6. The minimum atomic E-state index is -0.814. The summed E-state index contributed by atoms with van der Waals surface area (Å²) in [6.45, 7) is 6.46. The lowest BCUT2D eigenvalue weighted by Gasteiger charge is -2.18. The Kier molecular flexibility index (Phi) is 60.8. The first-order chi connectivity index (χ1) is 38.0. The standard InChI is InChI=1S/C71H118O6/c1-4-7-10-13-16-19-22-25-28-31-34-35-38-40-43-46-49-52-55-58-61-64-70(73)76-67-68(77-71(74)65-62-59-56-53-50-47-44-41-37-33-30-27-24-21-18-15-12-9-6-3)66-75-69(72)63-60-57-54-51-48-45-42-39-36-32-29-26-23-20-17-14-11-8-5-2/h9,12,17-18,20-21,25-30,36-37,39,41,45,47-48,50,68H,4-8,10-11,13-16,19,22-24,31-35,38,40,42-44,46,49,51-67H2,1-3H3/b12-9-,20-17-,21-18-,28-25-,29-26-,30-27-,39-36-,41-37-,48-45-,50-47-/t68-/m1/s1. The predicted octanol–water partition coefficient (Wildman–Crippen LogP) is 22.0. The van der Waals surface area contributed by atoms with Gasteiger partial charge in [-0.25, -0.2) is 0 Å². The smallest absolute Gasteiger partial charge is 0.306 e. The zero-order chi connectivity index (χ0) is 55.7. The van der Waals surface area contributed by atoms with Gasteiger partial charge in [0.2, 0.25) is 0 Å². The first kappa shape index (κ1) is 72.8. The van der Waals surface area contributed by atoms with Crippen LogP contribution in [0.4, 0.5) is 0 Å². The summed E-state index contributed by atoms with van der Waals surface area (Å²) in [7, 11) is 0. The van der Waals surface area contributed by atoms with Crippen LogP contribution in [-0.2, 0) is 28.6 Å². The molecule has 0 fully saturated rings. The average molecular weight is 1070 g/mol. The quantitative estimate of drug-likeness (QED) is 0.0261. The lowest BCUT2D eigenvalue weighted by atomic mass is 10.0. The van der Waals surface area contributed by atoms with Gasteiger partial charge in [-0.3, -0.25) is 14.4 Å². The number of carbonyl (C=O) groups excluding carboxylic acids is 3. The average Bonchev–Trinajstić information content (AvgIpc) is 3.43. The molecule has 0 bridgehead atoms. The summed E-state index contributed by atoms with van der Waals surface area (Å²) in [5.41, 5.74) is 0. The van der Waals surface area contributed by atoms with E-state index in [9.17, 15) is 14.4 Å². The van der Waals surface area contributed by atoms with Crippen LogP contribution in [0.1, 0.15) is 290 Å². The number of esters is 3. The second kappa shape index (κ2) is 64.3. The third-order valence-corrected chi connectivity index (χ3v) is 13.4. The maximum atomic E-state index is 12.9. The Bertz CT molecular complexity index is 1600. The van der Waals surface area contributed by atoms with Crippen LogP contribution in [0.15, 0.2) is 122 Å². The fraction of sp³-hybridized carbons (Fsp3) is 0.676. The number of hydrogen-bond donors (Lipinski definition) is 0. The molecule has 0 aliphatic rings. The molecule has 1 atom stereocenters. The summed E-state index contributed by atoms with van der Waals surface area (Å²) in [5.74, 6) is -0.965. The Morgan fingerprint density at radius 3 is 0.844 bits per heavy atom. The van der Waals surface area contributed by atoms with Gasteiger partial charge >= 0.3 is 17.9 Å². The van der Waals surface area contributed by atoms with Gasteiger partial charge in [-0.1, -0.05) is 258 Å². The number of ether oxygens (including phenoxy) is 3. The van der Waals surface area contributed by atoms with E-state index in [1.54, 1.807) is 0 Å². The Morgan fingerprint density at radius 2 is 0.506 bits per heavy atom. The minimum absolute atomic E-state index is 0.104. The lowest BCUT2D eigenvalue weighted by molar-refractivity contribution is -0.167. The first-order valence-electron chi connectivity index (χ1n) is 32.0. The summed E-state index contributed by atoms with van der Waals surface area (Å²) in [5, 5.41) is 0. The Hall–Kier alpha value is -4.19. The molecule has 0 aromatic rings. The molecule has 0 unspecified atom stereocenters. The first-order valence-corrected chi connectivity index (χ1v) is 32.0. The van der Waals surface area contributed by atoms with Crippen LogP contribution in [0.5, 0.6) is 0 Å². The van der Waals surface area contributed by atoms with Crippen molar-refractivity contribution in [2.24, 2.45) is 0 Å². The molecule has 0 rings (SSSR count). The van der Waals surface area contributed by atoms with Gasteiger partial charge in [-0.2, -0.15) is 0 Å². The highest BCUT2D eigenvalue weighted by atomic mass is 16.6. The van der Waals surface area contributed by atoms with E-state index in [0.29, 0.717) is 19.3 Å². The molecule has 0 aromatic carbocycles. The highest BCUT2D eigenvalue weighted by Gasteiger charge is 2.19. The topological polar surface area (TPSA) is 78.9 Å². The maximum absolute atomic E-state index is 12.9. The molecule has 0 N–H and O–H groups in total. The van der Waals surface area contributed by atoms with Crippen LogP contribution < -0.4 is 0 Å². The second-order valence-corrected chi connectivity index (χ2v) is 20.9. The van der Waals surface area contributed by atoms with Crippen molar-refractivity contribution in [1.82, 2.24) is 0 Å². The van der Waals surface area contributed by atoms with Crippen LogP contribution in [0, 0.1) is 0 Å². The largest absolute Gasteiger partial charge is 0.462 e. The van der Waals surface area contributed by atoms with Gasteiger partial charge in [0.15, 0.2) is 6.10 Å². The molecule has 6 nitrogen and oxygen atoms in total. The Morgan fingerprint density at radius 1 is 0.273 bits per heavy atom. The molecule has 0 saturated carbocycles. The van der Waals surface area contributed by atoms with Gasteiger partial charge in [0.1, 0.15) is 13.2 Å². The normalized spacial score (nSPS) is 12.9. The highest BCUT2D eigenvalue weighted by Crippen LogP contribution is 2.15. The number of hydrogen-bond acceptors (Lipinski definition) is 6. The van der Waals surface area contributed by atoms with Crippen LogP contribution in [0.25, 0.3) is 0 Å². The Balaban J connectivity index is 4.50. The molecule has 0 saturated heterocycles. The third-order valence-electron chi connectivity index (χ3n) is 13.4. The van der Waals surface area contributed by atoms with Crippen molar-refractivity contribution in [3.63, 3.8) is 0 Å². The molecule has 0 aromatic heterocycles. The van der Waals surface area contributed by atoms with E-state index in [1.165, 1.54) is 128 Å². The summed E-state index contributed by atoms with van der Waals surface area (Å²) >= 11 is 0. The van der Waals surface area contributed by atoms with Crippen molar-refractivity contribution >= 4 is 17.9 Å². The number of rotatable bonds is 57. The zero-order valence-electron chi connectivity index (χ0n) is 50.2. The molecule has 438 valence electrons. The van der Waals surface area contributed by atoms with Crippen molar-refractivity contribution in [1.29, 1.82) is 0 Å². The number of carbonyl (C=O) groups is 3. The monoisotopic (exact) mass is 1070 g/mol. The van der Waals surface area contributed by atoms with E-state index in [1.807, 2.05) is 0 Å². The minimum Gasteiger partial charge on any atom is -0.462 e. The van der Waals surface area contributed by atoms with Crippen LogP contribution in [-0.4, -0.2) is 37.2 Å². The second-order valence-electron chi connectivity index (χ2n) is 20.9. The fourth-order valence-electron chi connectivity index (χ4n) is 8.62. The summed E-state index contributed by atoms with van der Waals surface area (Å²) < 4.78 is 16.9. The molecule has 0 heterocycles. The van der Waals surface area contributed by atoms with E-state index in [0.717, 1.165) is 116 Å². The number of allylic oxidation sites excluding steroid dienone is 20. The van der Waals surface area contributed by atoms with E-state index < -0.39 is 6.10 Å². The maximum Gasteiger partial charge on any atom is 0.306 e. The van der Waals surface area contributed by atoms with Crippen LogP contribution in [0.3, 0.4) is 0 Å². The third kappa shape index (κ3) is 62.5. The van der Waals surface area contributed by atoms with Gasteiger partial charge in [-0.05, 0) is 135 Å². The van der Waals surface area contributed by atoms with E-state index in [2.05, 4.69) is 142 Å². The van der Waals surface area contributed by atoms with Crippen molar-refractivity contribution in [3.8, 4) is 0 Å². The van der Waals surface area contributed by atoms with Crippen molar-refractivity contribution < 1.29 is 28.6 Å². The van der Waals surface area contributed by atoms with Crippen LogP contribution in [0.2, 0.25) is 0 Å². The van der Waals surface area contributed by atoms with Gasteiger partial charge < -0.3 is 14.2 Å².